The number of carbonyl (C=O) groups excluding carboxylic acids is 1. The van der Waals surface area contributed by atoms with Crippen LogP contribution in [0, 0.1) is 13.8 Å². The number of aromatic nitrogens is 3. The minimum Gasteiger partial charge on any atom is -0.505 e. The van der Waals surface area contributed by atoms with Crippen molar-refractivity contribution in [2.75, 3.05) is 6.61 Å². The molecule has 0 bridgehead atoms. The van der Waals surface area contributed by atoms with Crippen molar-refractivity contribution in [3.63, 3.8) is 0 Å². The largest absolute Gasteiger partial charge is 0.505 e. The van der Waals surface area contributed by atoms with Crippen molar-refractivity contribution in [2.45, 2.75) is 20.8 Å². The number of rotatable bonds is 5. The van der Waals surface area contributed by atoms with Gasteiger partial charge < -0.3 is 9.84 Å². The van der Waals surface area contributed by atoms with E-state index in [1.54, 1.807) is 20.0 Å². The molecule has 0 atom stereocenters. The van der Waals surface area contributed by atoms with Crippen LogP contribution in [0.4, 0.5) is 0 Å². The number of ether oxygens (including phenoxy) is 1. The molecule has 4 rings (SSSR count). The van der Waals surface area contributed by atoms with Crippen LogP contribution in [0.3, 0.4) is 0 Å². The summed E-state index contributed by atoms with van der Waals surface area (Å²) in [6.45, 7) is 5.74. The average molecular weight is 413 g/mol. The number of phenolic OH excluding ortho intramolecular Hbond substituents is 1. The van der Waals surface area contributed by atoms with Crippen LogP contribution in [0.25, 0.3) is 28.1 Å². The molecule has 0 fully saturated rings. The van der Waals surface area contributed by atoms with Crippen molar-refractivity contribution in [1.82, 2.24) is 15.0 Å². The molecule has 31 heavy (non-hydrogen) atoms. The second-order valence-electron chi connectivity index (χ2n) is 7.32. The fraction of sp³-hybridized carbons (Fsp3) is 0.160. The van der Waals surface area contributed by atoms with Crippen LogP contribution in [-0.2, 0) is 4.74 Å². The second-order valence-corrected chi connectivity index (χ2v) is 7.32. The molecule has 0 saturated heterocycles. The quantitative estimate of drug-likeness (QED) is 0.461. The first-order valence-electron chi connectivity index (χ1n) is 10.1. The van der Waals surface area contributed by atoms with Gasteiger partial charge in [-0.05, 0) is 44.0 Å². The lowest BCUT2D eigenvalue weighted by Gasteiger charge is -2.16. The smallest absolute Gasteiger partial charge is 0.342 e. The maximum absolute atomic E-state index is 12.6. The van der Waals surface area contributed by atoms with Gasteiger partial charge >= 0.3 is 5.97 Å². The molecule has 0 aliphatic carbocycles. The summed E-state index contributed by atoms with van der Waals surface area (Å²) >= 11 is 0. The van der Waals surface area contributed by atoms with Crippen molar-refractivity contribution in [3.05, 3.63) is 83.6 Å². The van der Waals surface area contributed by atoms with Crippen molar-refractivity contribution in [1.29, 1.82) is 0 Å². The summed E-state index contributed by atoms with van der Waals surface area (Å²) in [4.78, 5) is 12.6. The van der Waals surface area contributed by atoms with Crippen molar-refractivity contribution in [2.24, 2.45) is 0 Å². The zero-order valence-electron chi connectivity index (χ0n) is 17.7. The minimum absolute atomic E-state index is 0.129. The molecule has 0 saturated carbocycles. The normalized spacial score (nSPS) is 10.8. The van der Waals surface area contributed by atoms with E-state index in [1.807, 2.05) is 67.6 Å². The van der Waals surface area contributed by atoms with Crippen LogP contribution in [0.1, 0.15) is 28.4 Å². The zero-order valence-corrected chi connectivity index (χ0v) is 17.7. The Bertz CT molecular complexity index is 1250. The fourth-order valence-corrected chi connectivity index (χ4v) is 3.63. The second kappa shape index (κ2) is 8.44. The summed E-state index contributed by atoms with van der Waals surface area (Å²) in [6, 6.07) is 19.5. The van der Waals surface area contributed by atoms with Gasteiger partial charge in [0.15, 0.2) is 5.75 Å². The highest BCUT2D eigenvalue weighted by atomic mass is 16.5. The van der Waals surface area contributed by atoms with Gasteiger partial charge in [-0.3, -0.25) is 0 Å². The van der Waals surface area contributed by atoms with E-state index >= 15 is 0 Å². The van der Waals surface area contributed by atoms with Gasteiger partial charge in [0.2, 0.25) is 0 Å². The number of esters is 1. The van der Waals surface area contributed by atoms with Gasteiger partial charge in [-0.2, -0.15) is 0 Å². The number of aryl methyl sites for hydroxylation is 2. The Hall–Kier alpha value is -3.93. The van der Waals surface area contributed by atoms with Crippen LogP contribution in [-0.4, -0.2) is 32.7 Å². The molecule has 1 aromatic heterocycles. The lowest BCUT2D eigenvalue weighted by molar-refractivity contribution is 0.0522. The monoisotopic (exact) mass is 413 g/mol. The highest BCUT2D eigenvalue weighted by Crippen LogP contribution is 2.38. The summed E-state index contributed by atoms with van der Waals surface area (Å²) in [7, 11) is 0. The number of phenols is 1. The Morgan fingerprint density at radius 1 is 1.03 bits per heavy atom. The van der Waals surface area contributed by atoms with Crippen molar-refractivity contribution >= 4 is 5.97 Å². The van der Waals surface area contributed by atoms with E-state index in [-0.39, 0.29) is 17.9 Å². The molecule has 0 unspecified atom stereocenters. The summed E-state index contributed by atoms with van der Waals surface area (Å²) in [5.41, 5.74) is 5.46. The Morgan fingerprint density at radius 3 is 2.48 bits per heavy atom. The van der Waals surface area contributed by atoms with E-state index in [0.29, 0.717) is 16.9 Å². The first-order valence-corrected chi connectivity index (χ1v) is 10.1. The Morgan fingerprint density at radius 2 is 1.77 bits per heavy atom. The average Bonchev–Trinajstić information content (AvgIpc) is 3.24. The molecule has 0 aliphatic heterocycles. The first kappa shape index (κ1) is 20.3. The Balaban J connectivity index is 1.93. The molecule has 4 aromatic rings. The van der Waals surface area contributed by atoms with Gasteiger partial charge in [-0.25, -0.2) is 9.48 Å². The molecule has 0 aliphatic rings. The zero-order chi connectivity index (χ0) is 22.0. The van der Waals surface area contributed by atoms with Gasteiger partial charge in [0, 0.05) is 11.1 Å². The molecule has 0 radical (unpaired) electrons. The Labute approximate surface area is 180 Å². The standard InChI is InChI=1S/C25H23N3O3/c1-4-31-25(30)22-17(3)14-20(18-10-6-5-7-11-18)23(24(22)29)28-15-21(26-27-28)19-12-8-9-16(2)13-19/h5-15,29H,4H2,1-3H3. The predicted octanol–water partition coefficient (Wildman–Crippen LogP) is 5.10. The molecule has 0 amide bonds. The number of aromatic hydroxyl groups is 1. The van der Waals surface area contributed by atoms with E-state index in [9.17, 15) is 9.90 Å². The molecular formula is C25H23N3O3. The van der Waals surface area contributed by atoms with Crippen LogP contribution in [0.2, 0.25) is 0 Å². The van der Waals surface area contributed by atoms with E-state index < -0.39 is 5.97 Å². The summed E-state index contributed by atoms with van der Waals surface area (Å²) in [5.74, 6) is -0.754. The Kier molecular flexibility index (Phi) is 5.54. The third-order valence-electron chi connectivity index (χ3n) is 5.07. The third-order valence-corrected chi connectivity index (χ3v) is 5.07. The van der Waals surface area contributed by atoms with Crippen molar-refractivity contribution in [3.8, 4) is 33.8 Å². The van der Waals surface area contributed by atoms with Gasteiger partial charge in [-0.15, -0.1) is 5.10 Å². The maximum Gasteiger partial charge on any atom is 0.342 e. The molecular weight excluding hydrogens is 390 g/mol. The molecule has 156 valence electrons. The molecule has 1 heterocycles. The SMILES string of the molecule is CCOC(=O)c1c(C)cc(-c2ccccc2)c(-n2cc(-c3cccc(C)c3)nn2)c1O. The van der Waals surface area contributed by atoms with Gasteiger partial charge in [0.1, 0.15) is 16.9 Å². The highest BCUT2D eigenvalue weighted by Gasteiger charge is 2.24. The van der Waals surface area contributed by atoms with Crippen LogP contribution in [0.5, 0.6) is 5.75 Å². The summed E-state index contributed by atoms with van der Waals surface area (Å²) in [5, 5.41) is 19.8. The van der Waals surface area contributed by atoms with Gasteiger partial charge in [0.05, 0.1) is 12.8 Å². The van der Waals surface area contributed by atoms with E-state index in [0.717, 1.165) is 22.3 Å². The van der Waals surface area contributed by atoms with E-state index in [1.165, 1.54) is 4.68 Å². The van der Waals surface area contributed by atoms with Gasteiger partial charge in [0.25, 0.3) is 0 Å². The van der Waals surface area contributed by atoms with Crippen LogP contribution >= 0.6 is 0 Å². The third kappa shape index (κ3) is 3.92. The topological polar surface area (TPSA) is 77.2 Å². The first-order chi connectivity index (χ1) is 15.0. The number of benzene rings is 3. The fourth-order valence-electron chi connectivity index (χ4n) is 3.63. The lowest BCUT2D eigenvalue weighted by Crippen LogP contribution is -2.10. The van der Waals surface area contributed by atoms with Crippen molar-refractivity contribution < 1.29 is 14.6 Å². The summed E-state index contributed by atoms with van der Waals surface area (Å²) < 4.78 is 6.68. The van der Waals surface area contributed by atoms with Crippen LogP contribution in [0.15, 0.2) is 66.9 Å². The number of carbonyl (C=O) groups is 1. The summed E-state index contributed by atoms with van der Waals surface area (Å²) in [6.07, 6.45) is 1.75. The lowest BCUT2D eigenvalue weighted by atomic mass is 9.96. The molecule has 6 nitrogen and oxygen atoms in total. The van der Waals surface area contributed by atoms with Gasteiger partial charge in [-0.1, -0.05) is 59.3 Å². The minimum atomic E-state index is -0.572. The number of hydrogen-bond donors (Lipinski definition) is 1. The molecule has 6 heteroatoms. The van der Waals surface area contributed by atoms with Crippen LogP contribution < -0.4 is 0 Å². The number of hydrogen-bond acceptors (Lipinski definition) is 5. The van der Waals surface area contributed by atoms with E-state index in [2.05, 4.69) is 10.3 Å². The molecule has 3 aromatic carbocycles. The molecule has 0 spiro atoms. The predicted molar refractivity (Wildman–Crippen MR) is 119 cm³/mol. The van der Waals surface area contributed by atoms with E-state index in [4.69, 9.17) is 4.74 Å². The molecule has 1 N–H and O–H groups in total. The number of nitrogens with zero attached hydrogens (tertiary/aromatic N) is 3. The highest BCUT2D eigenvalue weighted by molar-refractivity contribution is 5.98. The maximum atomic E-state index is 12.6.